The van der Waals surface area contributed by atoms with Gasteiger partial charge in [-0.25, -0.2) is 9.78 Å². The van der Waals surface area contributed by atoms with Crippen LogP contribution in [0.25, 0.3) is 11.2 Å². The van der Waals surface area contributed by atoms with E-state index in [-0.39, 0.29) is 18.9 Å². The van der Waals surface area contributed by atoms with Crippen LogP contribution in [-0.2, 0) is 32.0 Å². The molecule has 0 aliphatic rings. The molecule has 24 heavy (non-hydrogen) atoms. The van der Waals surface area contributed by atoms with Gasteiger partial charge in [0.2, 0.25) is 5.91 Å². The second-order valence-electron chi connectivity index (χ2n) is 5.42. The van der Waals surface area contributed by atoms with E-state index in [1.807, 2.05) is 0 Å². The number of aryl methyl sites for hydroxylation is 2. The molecule has 0 unspecified atom stereocenters. The number of fused-ring (bicyclic) bond motifs is 1. The van der Waals surface area contributed by atoms with Crippen molar-refractivity contribution in [2.75, 3.05) is 0 Å². The highest BCUT2D eigenvalue weighted by atomic mass is 16.3. The fourth-order valence-electron chi connectivity index (χ4n) is 2.48. The molecule has 0 aromatic carbocycles. The molecule has 9 nitrogen and oxygen atoms in total. The predicted octanol–water partition coefficient (Wildman–Crippen LogP) is -0.267. The van der Waals surface area contributed by atoms with Gasteiger partial charge in [-0.1, -0.05) is 0 Å². The third kappa shape index (κ3) is 2.75. The Hall–Kier alpha value is -3.10. The Kier molecular flexibility index (Phi) is 4.07. The van der Waals surface area contributed by atoms with E-state index in [4.69, 9.17) is 4.42 Å². The van der Waals surface area contributed by atoms with Gasteiger partial charge in [-0.15, -0.1) is 0 Å². The first-order chi connectivity index (χ1) is 11.5. The molecule has 0 saturated carbocycles. The summed E-state index contributed by atoms with van der Waals surface area (Å²) >= 11 is 0. The first kappa shape index (κ1) is 15.8. The molecule has 126 valence electrons. The zero-order chi connectivity index (χ0) is 17.3. The summed E-state index contributed by atoms with van der Waals surface area (Å²) in [6.07, 6.45) is 3.18. The molecule has 0 saturated heterocycles. The first-order valence-electron chi connectivity index (χ1n) is 7.39. The monoisotopic (exact) mass is 331 g/mol. The van der Waals surface area contributed by atoms with Crippen molar-refractivity contribution in [2.24, 2.45) is 14.1 Å². The zero-order valence-electron chi connectivity index (χ0n) is 13.4. The Morgan fingerprint density at radius 1 is 1.29 bits per heavy atom. The van der Waals surface area contributed by atoms with Crippen LogP contribution in [0.3, 0.4) is 0 Å². The van der Waals surface area contributed by atoms with E-state index in [1.54, 1.807) is 30.0 Å². The molecular weight excluding hydrogens is 314 g/mol. The number of rotatable bonds is 5. The quantitative estimate of drug-likeness (QED) is 0.693. The Bertz CT molecular complexity index is 993. The fourth-order valence-corrected chi connectivity index (χ4v) is 2.48. The number of nitrogens with one attached hydrogen (secondary N) is 1. The van der Waals surface area contributed by atoms with E-state index in [0.29, 0.717) is 23.5 Å². The van der Waals surface area contributed by atoms with Crippen LogP contribution in [0.1, 0.15) is 12.2 Å². The second-order valence-corrected chi connectivity index (χ2v) is 5.42. The van der Waals surface area contributed by atoms with E-state index in [1.165, 1.54) is 17.9 Å². The largest absolute Gasteiger partial charge is 0.467 e. The highest BCUT2D eigenvalue weighted by Crippen LogP contribution is 2.06. The molecule has 0 aliphatic heterocycles. The van der Waals surface area contributed by atoms with Crippen LogP contribution in [0.5, 0.6) is 0 Å². The lowest BCUT2D eigenvalue weighted by Crippen LogP contribution is -2.37. The van der Waals surface area contributed by atoms with E-state index >= 15 is 0 Å². The summed E-state index contributed by atoms with van der Waals surface area (Å²) in [6, 6.07) is 3.52. The van der Waals surface area contributed by atoms with Crippen LogP contribution >= 0.6 is 0 Å². The summed E-state index contributed by atoms with van der Waals surface area (Å²) in [7, 11) is 2.97. The number of hydrogen-bond donors (Lipinski definition) is 1. The molecule has 0 spiro atoms. The molecule has 1 N–H and O–H groups in total. The van der Waals surface area contributed by atoms with E-state index in [2.05, 4.69) is 10.3 Å². The number of hydrogen-bond acceptors (Lipinski definition) is 5. The molecule has 0 aliphatic carbocycles. The average Bonchev–Trinajstić information content (AvgIpc) is 3.23. The molecule has 1 amide bonds. The Balaban J connectivity index is 1.75. The van der Waals surface area contributed by atoms with Crippen molar-refractivity contribution < 1.29 is 9.21 Å². The van der Waals surface area contributed by atoms with E-state index in [0.717, 1.165) is 4.57 Å². The molecule has 0 radical (unpaired) electrons. The predicted molar refractivity (Wildman–Crippen MR) is 85.4 cm³/mol. The van der Waals surface area contributed by atoms with Crippen LogP contribution < -0.4 is 16.6 Å². The van der Waals surface area contributed by atoms with Gasteiger partial charge in [-0.05, 0) is 12.1 Å². The van der Waals surface area contributed by atoms with Crippen LogP contribution in [-0.4, -0.2) is 24.6 Å². The summed E-state index contributed by atoms with van der Waals surface area (Å²) in [4.78, 5) is 40.2. The molecule has 0 fully saturated rings. The Morgan fingerprint density at radius 2 is 2.08 bits per heavy atom. The van der Waals surface area contributed by atoms with Crippen LogP contribution in [0.4, 0.5) is 0 Å². The van der Waals surface area contributed by atoms with Crippen LogP contribution in [0.15, 0.2) is 38.7 Å². The van der Waals surface area contributed by atoms with Crippen molar-refractivity contribution in [1.29, 1.82) is 0 Å². The molecule has 3 aromatic rings. The maximum absolute atomic E-state index is 12.3. The van der Waals surface area contributed by atoms with E-state index < -0.39 is 11.2 Å². The minimum Gasteiger partial charge on any atom is -0.467 e. The van der Waals surface area contributed by atoms with Crippen molar-refractivity contribution in [3.63, 3.8) is 0 Å². The summed E-state index contributed by atoms with van der Waals surface area (Å²) < 4.78 is 9.06. The third-order valence-electron chi connectivity index (χ3n) is 3.84. The topological polar surface area (TPSA) is 104 Å². The Morgan fingerprint density at radius 3 is 2.79 bits per heavy atom. The third-order valence-corrected chi connectivity index (χ3v) is 3.84. The van der Waals surface area contributed by atoms with Crippen LogP contribution in [0.2, 0.25) is 0 Å². The number of nitrogens with zero attached hydrogens (tertiary/aromatic N) is 4. The summed E-state index contributed by atoms with van der Waals surface area (Å²) in [5.74, 6) is 0.496. The van der Waals surface area contributed by atoms with Crippen molar-refractivity contribution in [3.8, 4) is 0 Å². The maximum Gasteiger partial charge on any atom is 0.332 e. The Labute approximate surface area is 136 Å². The number of amides is 1. The lowest BCUT2D eigenvalue weighted by molar-refractivity contribution is -0.121. The summed E-state index contributed by atoms with van der Waals surface area (Å²) in [6.45, 7) is 0.598. The van der Waals surface area contributed by atoms with Gasteiger partial charge in [0.1, 0.15) is 5.76 Å². The van der Waals surface area contributed by atoms with Gasteiger partial charge < -0.3 is 14.3 Å². The van der Waals surface area contributed by atoms with Gasteiger partial charge in [-0.2, -0.15) is 0 Å². The molecular formula is C15H17N5O4. The van der Waals surface area contributed by atoms with Crippen LogP contribution in [0, 0.1) is 0 Å². The highest BCUT2D eigenvalue weighted by Gasteiger charge is 2.14. The summed E-state index contributed by atoms with van der Waals surface area (Å²) in [5, 5.41) is 2.74. The minimum atomic E-state index is -0.436. The van der Waals surface area contributed by atoms with Crippen molar-refractivity contribution >= 4 is 17.1 Å². The highest BCUT2D eigenvalue weighted by molar-refractivity contribution is 5.76. The van der Waals surface area contributed by atoms with Crippen molar-refractivity contribution in [1.82, 2.24) is 24.0 Å². The number of aromatic nitrogens is 4. The maximum atomic E-state index is 12.3. The molecule has 3 heterocycles. The standard InChI is InChI=1S/C15H17N5O4/c1-18-13-12(14(22)19(2)15(18)23)20(9-17-13)6-5-11(21)16-8-10-4-3-7-24-10/h3-4,7,9H,5-6,8H2,1-2H3,(H,16,21). The summed E-state index contributed by atoms with van der Waals surface area (Å²) in [5.41, 5.74) is -0.256. The smallest absolute Gasteiger partial charge is 0.332 e. The first-order valence-corrected chi connectivity index (χ1v) is 7.39. The van der Waals surface area contributed by atoms with Gasteiger partial charge in [0.25, 0.3) is 5.56 Å². The number of carbonyl (C=O) groups excluding carboxylic acids is 1. The SMILES string of the molecule is Cn1c(=O)c2c(ncn2CCC(=O)NCc2ccco2)n(C)c1=O. The number of imidazole rings is 1. The minimum absolute atomic E-state index is 0.171. The average molecular weight is 331 g/mol. The van der Waals surface area contributed by atoms with Gasteiger partial charge in [-0.3, -0.25) is 18.7 Å². The second kappa shape index (κ2) is 6.19. The van der Waals surface area contributed by atoms with Crippen molar-refractivity contribution in [2.45, 2.75) is 19.5 Å². The number of furan rings is 1. The normalized spacial score (nSPS) is 11.1. The lowest BCUT2D eigenvalue weighted by Gasteiger charge is -2.07. The van der Waals surface area contributed by atoms with Gasteiger partial charge in [0, 0.05) is 27.1 Å². The fraction of sp³-hybridized carbons (Fsp3) is 0.333. The van der Waals surface area contributed by atoms with Gasteiger partial charge >= 0.3 is 5.69 Å². The number of carbonyl (C=O) groups is 1. The van der Waals surface area contributed by atoms with E-state index in [9.17, 15) is 14.4 Å². The van der Waals surface area contributed by atoms with Gasteiger partial charge in [0.05, 0.1) is 19.1 Å². The lowest BCUT2D eigenvalue weighted by atomic mass is 10.3. The molecule has 3 rings (SSSR count). The molecule has 0 atom stereocenters. The molecule has 9 heteroatoms. The van der Waals surface area contributed by atoms with Crippen molar-refractivity contribution in [3.05, 3.63) is 51.3 Å². The zero-order valence-corrected chi connectivity index (χ0v) is 13.4. The molecule has 0 bridgehead atoms. The van der Waals surface area contributed by atoms with Gasteiger partial charge in [0.15, 0.2) is 11.2 Å². The molecule has 3 aromatic heterocycles.